The van der Waals surface area contributed by atoms with E-state index in [1.165, 1.54) is 16.8 Å². The normalized spacial score (nSPS) is 11.6. The number of hydrogen-bond donors (Lipinski definition) is 2. The summed E-state index contributed by atoms with van der Waals surface area (Å²) in [5.41, 5.74) is -0.111. The Kier molecular flexibility index (Phi) is 3.22. The summed E-state index contributed by atoms with van der Waals surface area (Å²) in [4.78, 5) is 22.0. The number of rotatable bonds is 3. The van der Waals surface area contributed by atoms with Crippen LogP contribution in [0, 0.1) is 0 Å². The second-order valence-electron chi connectivity index (χ2n) is 2.88. The summed E-state index contributed by atoms with van der Waals surface area (Å²) >= 11 is 0. The van der Waals surface area contributed by atoms with E-state index in [2.05, 4.69) is 10.3 Å². The molecular formula is C8H11N3O3. The first kappa shape index (κ1) is 10.2. The summed E-state index contributed by atoms with van der Waals surface area (Å²) < 4.78 is 1.18. The number of aromatic nitrogens is 2. The molecule has 1 heterocycles. The lowest BCUT2D eigenvalue weighted by atomic mass is 10.3. The zero-order valence-electron chi connectivity index (χ0n) is 7.73. The minimum Gasteiger partial charge on any atom is -0.411 e. The third-order valence-corrected chi connectivity index (χ3v) is 1.76. The van der Waals surface area contributed by atoms with Gasteiger partial charge in [-0.1, -0.05) is 5.16 Å². The molecule has 14 heavy (non-hydrogen) atoms. The topological polar surface area (TPSA) is 87.5 Å². The number of aryl methyl sites for hydroxylation is 1. The van der Waals surface area contributed by atoms with Crippen LogP contribution in [0.5, 0.6) is 0 Å². The van der Waals surface area contributed by atoms with Gasteiger partial charge in [0.1, 0.15) is 0 Å². The number of nitrogens with zero attached hydrogens (tertiary/aromatic N) is 2. The van der Waals surface area contributed by atoms with Crippen molar-refractivity contribution in [1.82, 2.24) is 9.78 Å². The maximum Gasteiger partial charge on any atom is 0.265 e. The maximum atomic E-state index is 11.2. The Morgan fingerprint density at radius 3 is 2.93 bits per heavy atom. The molecule has 6 nitrogen and oxygen atoms in total. The van der Waals surface area contributed by atoms with Crippen LogP contribution in [-0.4, -0.2) is 20.7 Å². The molecule has 1 aromatic heterocycles. The van der Waals surface area contributed by atoms with E-state index in [1.54, 1.807) is 6.92 Å². The Bertz CT molecular complexity index is 444. The fourth-order valence-electron chi connectivity index (χ4n) is 0.952. The van der Waals surface area contributed by atoms with E-state index in [1.807, 2.05) is 0 Å². The molecule has 0 fully saturated rings. The van der Waals surface area contributed by atoms with Gasteiger partial charge in [0.2, 0.25) is 0 Å². The average molecular weight is 197 g/mol. The second kappa shape index (κ2) is 4.40. The van der Waals surface area contributed by atoms with Crippen LogP contribution in [0.15, 0.2) is 26.9 Å². The first-order valence-electron chi connectivity index (χ1n) is 4.11. The summed E-state index contributed by atoms with van der Waals surface area (Å²) in [6.07, 6.45) is 0.413. The highest BCUT2D eigenvalue weighted by Crippen LogP contribution is 1.86. The molecule has 76 valence electrons. The van der Waals surface area contributed by atoms with Gasteiger partial charge < -0.3 is 5.21 Å². The van der Waals surface area contributed by atoms with Crippen LogP contribution in [0.3, 0.4) is 0 Å². The van der Waals surface area contributed by atoms with Gasteiger partial charge in [-0.2, -0.15) is 0 Å². The van der Waals surface area contributed by atoms with Crippen molar-refractivity contribution in [3.63, 3.8) is 0 Å². The van der Waals surface area contributed by atoms with E-state index >= 15 is 0 Å². The van der Waals surface area contributed by atoms with Crippen molar-refractivity contribution in [1.29, 1.82) is 0 Å². The largest absolute Gasteiger partial charge is 0.411 e. The molecule has 2 N–H and O–H groups in total. The Balaban J connectivity index is 2.82. The van der Waals surface area contributed by atoms with Crippen LogP contribution < -0.4 is 11.1 Å². The molecule has 0 saturated carbocycles. The van der Waals surface area contributed by atoms with Crippen LogP contribution >= 0.6 is 0 Å². The van der Waals surface area contributed by atoms with Gasteiger partial charge in [-0.25, -0.2) is 4.68 Å². The predicted octanol–water partition coefficient (Wildman–Crippen LogP) is -0.223. The number of hydrogen-bond acceptors (Lipinski definition) is 4. The Morgan fingerprint density at radius 1 is 1.57 bits per heavy atom. The minimum atomic E-state index is -0.330. The Morgan fingerprint density at radius 2 is 2.29 bits per heavy atom. The molecule has 6 heteroatoms. The highest BCUT2D eigenvalue weighted by atomic mass is 16.4. The Hall–Kier alpha value is -1.85. The Labute approximate surface area is 79.5 Å². The average Bonchev–Trinajstić information content (AvgIpc) is 2.19. The molecule has 0 aliphatic rings. The van der Waals surface area contributed by atoms with Crippen LogP contribution in [0.2, 0.25) is 0 Å². The minimum absolute atomic E-state index is 0.282. The van der Waals surface area contributed by atoms with Crippen molar-refractivity contribution in [2.75, 3.05) is 0 Å². The third kappa shape index (κ3) is 2.58. The molecule has 0 atom stereocenters. The van der Waals surface area contributed by atoms with E-state index in [0.717, 1.165) is 0 Å². The SMILES string of the molecule is C/C(CCn1[nH]c(=O)ccc1=O)=N\O. The van der Waals surface area contributed by atoms with Crippen molar-refractivity contribution < 1.29 is 5.21 Å². The molecule has 0 aliphatic carbocycles. The van der Waals surface area contributed by atoms with Crippen molar-refractivity contribution in [2.24, 2.45) is 5.16 Å². The highest BCUT2D eigenvalue weighted by Gasteiger charge is 1.97. The molecule has 0 aromatic carbocycles. The molecule has 0 bridgehead atoms. The lowest BCUT2D eigenvalue weighted by molar-refractivity contribution is 0.316. The number of aromatic amines is 1. The first-order valence-corrected chi connectivity index (χ1v) is 4.11. The molecule has 1 rings (SSSR count). The van der Waals surface area contributed by atoms with Gasteiger partial charge in [-0.15, -0.1) is 0 Å². The van der Waals surface area contributed by atoms with E-state index in [0.29, 0.717) is 18.7 Å². The van der Waals surface area contributed by atoms with Crippen LogP contribution in [0.1, 0.15) is 13.3 Å². The first-order chi connectivity index (χ1) is 6.63. The third-order valence-electron chi connectivity index (χ3n) is 1.76. The molecule has 0 aliphatic heterocycles. The maximum absolute atomic E-state index is 11.2. The smallest absolute Gasteiger partial charge is 0.265 e. The standard InChI is InChI=1S/C8H11N3O3/c1-6(10-14)4-5-11-8(13)3-2-7(12)9-11/h2-3,14H,4-5H2,1H3,(H,9,12)/b10-6+. The molecule has 0 radical (unpaired) electrons. The van der Waals surface area contributed by atoms with Crippen molar-refractivity contribution in [3.8, 4) is 0 Å². The van der Waals surface area contributed by atoms with Crippen LogP contribution in [-0.2, 0) is 6.54 Å². The summed E-state index contributed by atoms with van der Waals surface area (Å²) in [6, 6.07) is 2.37. The molecular weight excluding hydrogens is 186 g/mol. The fourth-order valence-corrected chi connectivity index (χ4v) is 0.952. The van der Waals surface area contributed by atoms with Gasteiger partial charge in [-0.3, -0.25) is 14.7 Å². The van der Waals surface area contributed by atoms with Crippen molar-refractivity contribution in [2.45, 2.75) is 19.9 Å². The monoisotopic (exact) mass is 197 g/mol. The quantitative estimate of drug-likeness (QED) is 0.399. The molecule has 0 amide bonds. The molecule has 1 aromatic rings. The summed E-state index contributed by atoms with van der Waals surface area (Å²) in [5, 5.41) is 13.7. The second-order valence-corrected chi connectivity index (χ2v) is 2.88. The number of nitrogens with one attached hydrogen (secondary N) is 1. The zero-order chi connectivity index (χ0) is 10.6. The molecule has 0 unspecified atom stereocenters. The fraction of sp³-hybridized carbons (Fsp3) is 0.375. The van der Waals surface area contributed by atoms with Crippen LogP contribution in [0.4, 0.5) is 0 Å². The lowest BCUT2D eigenvalue weighted by Crippen LogP contribution is -2.28. The number of oxime groups is 1. The van der Waals surface area contributed by atoms with E-state index in [-0.39, 0.29) is 11.1 Å². The van der Waals surface area contributed by atoms with E-state index < -0.39 is 0 Å². The van der Waals surface area contributed by atoms with Gasteiger partial charge in [0.05, 0.1) is 5.71 Å². The van der Waals surface area contributed by atoms with Gasteiger partial charge in [-0.05, 0) is 6.92 Å². The van der Waals surface area contributed by atoms with Crippen molar-refractivity contribution in [3.05, 3.63) is 32.8 Å². The summed E-state index contributed by atoms with van der Waals surface area (Å²) in [7, 11) is 0. The van der Waals surface area contributed by atoms with Gasteiger partial charge in [0, 0.05) is 25.1 Å². The highest BCUT2D eigenvalue weighted by molar-refractivity contribution is 5.81. The van der Waals surface area contributed by atoms with Crippen LogP contribution in [0.25, 0.3) is 0 Å². The number of H-pyrrole nitrogens is 1. The lowest BCUT2D eigenvalue weighted by Gasteiger charge is -2.02. The molecule has 0 saturated heterocycles. The van der Waals surface area contributed by atoms with Gasteiger partial charge >= 0.3 is 0 Å². The predicted molar refractivity (Wildman–Crippen MR) is 50.8 cm³/mol. The van der Waals surface area contributed by atoms with Gasteiger partial charge in [0.15, 0.2) is 0 Å². The molecule has 0 spiro atoms. The summed E-state index contributed by atoms with van der Waals surface area (Å²) in [6.45, 7) is 1.93. The summed E-state index contributed by atoms with van der Waals surface area (Å²) in [5.74, 6) is 0. The van der Waals surface area contributed by atoms with Gasteiger partial charge in [0.25, 0.3) is 11.1 Å². The van der Waals surface area contributed by atoms with E-state index in [4.69, 9.17) is 5.21 Å². The van der Waals surface area contributed by atoms with Crippen molar-refractivity contribution >= 4 is 5.71 Å². The van der Waals surface area contributed by atoms with E-state index in [9.17, 15) is 9.59 Å². The zero-order valence-corrected chi connectivity index (χ0v) is 7.73.